The average molecular weight is 235 g/mol. The molecule has 1 aromatic carbocycles. The van der Waals surface area contributed by atoms with Crippen molar-refractivity contribution in [2.45, 2.75) is 6.67 Å². The number of aryl methyl sites for hydroxylation is 1. The van der Waals surface area contributed by atoms with Gasteiger partial charge in [0.2, 0.25) is 0 Å². The van der Waals surface area contributed by atoms with Crippen LogP contribution in [0, 0.1) is 0 Å². The van der Waals surface area contributed by atoms with Crippen molar-refractivity contribution in [1.29, 1.82) is 0 Å². The Hall–Kier alpha value is -2.08. The molecular weight excluding hydrogens is 222 g/mol. The second-order valence-corrected chi connectivity index (χ2v) is 3.76. The van der Waals surface area contributed by atoms with Crippen LogP contribution < -0.4 is 16.6 Å². The third kappa shape index (κ3) is 1.62. The maximum absolute atomic E-state index is 12.1. The van der Waals surface area contributed by atoms with Crippen molar-refractivity contribution in [1.82, 2.24) is 14.5 Å². The zero-order valence-electron chi connectivity index (χ0n) is 9.60. The molecule has 0 atom stereocenters. The second kappa shape index (κ2) is 4.06. The van der Waals surface area contributed by atoms with Gasteiger partial charge in [-0.2, -0.15) is 0 Å². The molecule has 6 heteroatoms. The number of benzene rings is 1. The van der Waals surface area contributed by atoms with Gasteiger partial charge in [0.25, 0.3) is 5.56 Å². The highest BCUT2D eigenvalue weighted by Gasteiger charge is 2.12. The van der Waals surface area contributed by atoms with Crippen molar-refractivity contribution < 1.29 is 5.11 Å². The summed E-state index contributed by atoms with van der Waals surface area (Å²) >= 11 is 0. The summed E-state index contributed by atoms with van der Waals surface area (Å²) in [5.74, 6) is -0.118. The van der Waals surface area contributed by atoms with Gasteiger partial charge in [-0.05, 0) is 19.2 Å². The van der Waals surface area contributed by atoms with Gasteiger partial charge < -0.3 is 10.4 Å². The van der Waals surface area contributed by atoms with E-state index in [1.54, 1.807) is 26.2 Å². The molecule has 0 radical (unpaired) electrons. The van der Waals surface area contributed by atoms with Gasteiger partial charge in [-0.25, -0.2) is 9.36 Å². The number of nitrogens with one attached hydrogen (secondary N) is 1. The Labute approximate surface area is 96.7 Å². The maximum Gasteiger partial charge on any atom is 0.332 e. The first-order valence-corrected chi connectivity index (χ1v) is 5.14. The number of hydrogen-bond donors (Lipinski definition) is 2. The molecule has 6 nitrogen and oxygen atoms in total. The summed E-state index contributed by atoms with van der Waals surface area (Å²) in [6.07, 6.45) is 0. The van der Waals surface area contributed by atoms with Crippen LogP contribution in [0.3, 0.4) is 0 Å². The summed E-state index contributed by atoms with van der Waals surface area (Å²) in [5, 5.41) is 12.6. The standard InChI is InChI=1S/C11H13N3O3/c1-12-6-14-10(16)9-7(13(2)11(14)17)4-3-5-8(9)15/h3-5,12,15H,6H2,1-2H3. The molecule has 90 valence electrons. The van der Waals surface area contributed by atoms with Gasteiger partial charge >= 0.3 is 5.69 Å². The third-order valence-electron chi connectivity index (χ3n) is 2.67. The van der Waals surface area contributed by atoms with Crippen LogP contribution in [-0.4, -0.2) is 21.3 Å². The Bertz CT molecular complexity index is 685. The third-order valence-corrected chi connectivity index (χ3v) is 2.67. The first-order valence-electron chi connectivity index (χ1n) is 5.14. The lowest BCUT2D eigenvalue weighted by Crippen LogP contribution is -2.41. The van der Waals surface area contributed by atoms with Crippen molar-refractivity contribution in [2.24, 2.45) is 7.05 Å². The van der Waals surface area contributed by atoms with Crippen molar-refractivity contribution in [3.05, 3.63) is 39.0 Å². The number of rotatable bonds is 2. The van der Waals surface area contributed by atoms with Crippen molar-refractivity contribution in [3.8, 4) is 5.75 Å². The normalized spacial score (nSPS) is 10.9. The molecule has 0 spiro atoms. The Morgan fingerprint density at radius 3 is 2.71 bits per heavy atom. The Morgan fingerprint density at radius 1 is 1.35 bits per heavy atom. The highest BCUT2D eigenvalue weighted by molar-refractivity contribution is 5.84. The minimum Gasteiger partial charge on any atom is -0.507 e. The van der Waals surface area contributed by atoms with Crippen LogP contribution >= 0.6 is 0 Å². The number of hydrogen-bond acceptors (Lipinski definition) is 4. The van der Waals surface area contributed by atoms with Crippen molar-refractivity contribution in [3.63, 3.8) is 0 Å². The molecule has 0 unspecified atom stereocenters. The number of phenolic OH excluding ortho intramolecular Hbond substituents is 1. The molecule has 0 aliphatic rings. The van der Waals surface area contributed by atoms with Crippen molar-refractivity contribution in [2.75, 3.05) is 7.05 Å². The highest BCUT2D eigenvalue weighted by Crippen LogP contribution is 2.18. The first kappa shape index (κ1) is 11.4. The lowest BCUT2D eigenvalue weighted by molar-refractivity contribution is 0.478. The van der Waals surface area contributed by atoms with E-state index in [-0.39, 0.29) is 17.8 Å². The van der Waals surface area contributed by atoms with E-state index >= 15 is 0 Å². The zero-order valence-corrected chi connectivity index (χ0v) is 9.60. The Morgan fingerprint density at radius 2 is 2.06 bits per heavy atom. The molecular formula is C11H13N3O3. The molecule has 1 heterocycles. The second-order valence-electron chi connectivity index (χ2n) is 3.76. The van der Waals surface area contributed by atoms with Crippen molar-refractivity contribution >= 4 is 10.9 Å². The molecule has 0 bridgehead atoms. The van der Waals surface area contributed by atoms with E-state index < -0.39 is 11.2 Å². The molecule has 0 saturated carbocycles. The molecule has 17 heavy (non-hydrogen) atoms. The summed E-state index contributed by atoms with van der Waals surface area (Å²) < 4.78 is 2.38. The van der Waals surface area contributed by atoms with Crippen LogP contribution in [0.5, 0.6) is 5.75 Å². The van der Waals surface area contributed by atoms with E-state index in [0.717, 1.165) is 4.57 Å². The SMILES string of the molecule is CNCn1c(=O)c2c(O)cccc2n(C)c1=O. The average Bonchev–Trinajstić information content (AvgIpc) is 2.31. The topological polar surface area (TPSA) is 76.3 Å². The van der Waals surface area contributed by atoms with E-state index in [2.05, 4.69) is 5.32 Å². The van der Waals surface area contributed by atoms with Crippen LogP contribution in [0.4, 0.5) is 0 Å². The monoisotopic (exact) mass is 235 g/mol. The number of nitrogens with zero attached hydrogens (tertiary/aromatic N) is 2. The minimum atomic E-state index is -0.490. The lowest BCUT2D eigenvalue weighted by Gasteiger charge is -2.10. The van der Waals surface area contributed by atoms with E-state index in [9.17, 15) is 14.7 Å². The van der Waals surface area contributed by atoms with Crippen LogP contribution in [0.1, 0.15) is 0 Å². The largest absolute Gasteiger partial charge is 0.507 e. The van der Waals surface area contributed by atoms with E-state index in [0.29, 0.717) is 5.52 Å². The zero-order chi connectivity index (χ0) is 12.6. The molecule has 0 aliphatic carbocycles. The highest BCUT2D eigenvalue weighted by atomic mass is 16.3. The summed E-state index contributed by atoms with van der Waals surface area (Å²) in [6.45, 7) is 0.107. The van der Waals surface area contributed by atoms with Crippen LogP contribution in [0.25, 0.3) is 10.9 Å². The number of fused-ring (bicyclic) bond motifs is 1. The maximum atomic E-state index is 12.1. The Kier molecular flexibility index (Phi) is 2.72. The fourth-order valence-corrected chi connectivity index (χ4v) is 1.83. The van der Waals surface area contributed by atoms with E-state index in [1.807, 2.05) is 0 Å². The molecule has 2 aromatic rings. The molecule has 2 rings (SSSR count). The van der Waals surface area contributed by atoms with Gasteiger partial charge in [0.05, 0.1) is 12.2 Å². The van der Waals surface area contributed by atoms with Gasteiger partial charge in [-0.15, -0.1) is 0 Å². The lowest BCUT2D eigenvalue weighted by atomic mass is 10.2. The first-order chi connectivity index (χ1) is 8.07. The predicted octanol–water partition coefficient (Wildman–Crippen LogP) is -0.417. The smallest absolute Gasteiger partial charge is 0.332 e. The fourth-order valence-electron chi connectivity index (χ4n) is 1.83. The van der Waals surface area contributed by atoms with E-state index in [1.165, 1.54) is 10.6 Å². The fraction of sp³-hybridized carbons (Fsp3) is 0.273. The molecule has 0 saturated heterocycles. The summed E-state index contributed by atoms with van der Waals surface area (Å²) in [5.41, 5.74) is -0.481. The van der Waals surface area contributed by atoms with Gasteiger partial charge in [0.15, 0.2) is 0 Å². The molecule has 0 fully saturated rings. The minimum absolute atomic E-state index is 0.107. The van der Waals surface area contributed by atoms with Gasteiger partial charge in [-0.1, -0.05) is 6.07 Å². The summed E-state index contributed by atoms with van der Waals surface area (Å²) in [7, 11) is 3.20. The molecule has 2 N–H and O–H groups in total. The van der Waals surface area contributed by atoms with Crippen LogP contribution in [0.15, 0.2) is 27.8 Å². The molecule has 0 amide bonds. The number of aromatic hydroxyl groups is 1. The number of aromatic nitrogens is 2. The Balaban J connectivity index is 3.02. The van der Waals surface area contributed by atoms with Gasteiger partial charge in [-0.3, -0.25) is 9.36 Å². The molecule has 0 aliphatic heterocycles. The summed E-state index contributed by atoms with van der Waals surface area (Å²) in [4.78, 5) is 24.0. The van der Waals surface area contributed by atoms with Gasteiger partial charge in [0.1, 0.15) is 11.1 Å². The predicted molar refractivity (Wildman–Crippen MR) is 64.2 cm³/mol. The van der Waals surface area contributed by atoms with Crippen LogP contribution in [-0.2, 0) is 13.7 Å². The summed E-state index contributed by atoms with van der Waals surface area (Å²) in [6, 6.07) is 4.65. The number of phenols is 1. The van der Waals surface area contributed by atoms with Gasteiger partial charge in [0, 0.05) is 7.05 Å². The van der Waals surface area contributed by atoms with Crippen LogP contribution in [0.2, 0.25) is 0 Å². The van der Waals surface area contributed by atoms with E-state index in [4.69, 9.17) is 0 Å². The quantitative estimate of drug-likeness (QED) is 0.741. The molecule has 1 aromatic heterocycles.